The zero-order valence-electron chi connectivity index (χ0n) is 19.8. The van der Waals surface area contributed by atoms with Crippen molar-refractivity contribution >= 4 is 34.9 Å². The van der Waals surface area contributed by atoms with Gasteiger partial charge >= 0.3 is 12.2 Å². The van der Waals surface area contributed by atoms with Crippen LogP contribution in [0.2, 0.25) is 5.02 Å². The van der Waals surface area contributed by atoms with Crippen molar-refractivity contribution in [1.29, 1.82) is 0 Å². The molecule has 0 aliphatic rings. The van der Waals surface area contributed by atoms with E-state index < -0.39 is 28.7 Å². The maximum Gasteiger partial charge on any atom is 0.417 e. The van der Waals surface area contributed by atoms with Gasteiger partial charge in [0, 0.05) is 30.1 Å². The van der Waals surface area contributed by atoms with Crippen LogP contribution in [0.5, 0.6) is 17.4 Å². The molecule has 3 rings (SSSR count). The first-order chi connectivity index (χ1) is 18.1. The monoisotopic (exact) mass is 552 g/mol. The molecule has 3 aromatic rings. The number of alkyl halides is 3. The average Bonchev–Trinajstić information content (AvgIpc) is 2.88. The van der Waals surface area contributed by atoms with Crippen molar-refractivity contribution in [3.05, 3.63) is 71.4 Å². The highest BCUT2D eigenvalue weighted by Gasteiger charge is 2.33. The number of carbonyl (C=O) groups excluding carboxylic acids is 2. The standard InChI is InChI=1S/C25H24ClF3N4O5/c26-21-10-7-17(14-20(21)25(27,28)29)32-24(35)31-16-5-8-18(9-6-16)38-19-11-12-30-23(15-19)37-13-3-1-2-4-22(34)33-36/h5-12,14-15,36H,1-4,13H2,(H,33,34)(H2,31,32,35). The van der Waals surface area contributed by atoms with Crippen LogP contribution in [-0.4, -0.2) is 28.7 Å². The first kappa shape index (κ1) is 28.5. The van der Waals surface area contributed by atoms with Gasteiger partial charge in [0.15, 0.2) is 0 Å². The van der Waals surface area contributed by atoms with Crippen molar-refractivity contribution in [3.63, 3.8) is 0 Å². The van der Waals surface area contributed by atoms with Gasteiger partial charge in [0.2, 0.25) is 11.8 Å². The number of aromatic nitrogens is 1. The van der Waals surface area contributed by atoms with E-state index in [0.29, 0.717) is 42.5 Å². The van der Waals surface area contributed by atoms with Crippen LogP contribution in [-0.2, 0) is 11.0 Å². The Hall–Kier alpha value is -4.03. The first-order valence-electron chi connectivity index (χ1n) is 11.4. The lowest BCUT2D eigenvalue weighted by molar-refractivity contribution is -0.137. The number of unbranched alkanes of at least 4 members (excludes halogenated alkanes) is 2. The quantitative estimate of drug-likeness (QED) is 0.120. The first-order valence-corrected chi connectivity index (χ1v) is 11.8. The molecule has 202 valence electrons. The van der Waals surface area contributed by atoms with Gasteiger partial charge in [0.05, 0.1) is 17.2 Å². The van der Waals surface area contributed by atoms with Gasteiger partial charge in [-0.1, -0.05) is 11.6 Å². The second kappa shape index (κ2) is 13.5. The van der Waals surface area contributed by atoms with Gasteiger partial charge in [0.1, 0.15) is 11.5 Å². The number of amides is 3. The minimum Gasteiger partial charge on any atom is -0.478 e. The summed E-state index contributed by atoms with van der Waals surface area (Å²) in [7, 11) is 0. The van der Waals surface area contributed by atoms with Crippen molar-refractivity contribution in [3.8, 4) is 17.4 Å². The lowest BCUT2D eigenvalue weighted by Crippen LogP contribution is -2.19. The van der Waals surface area contributed by atoms with Gasteiger partial charge in [-0.3, -0.25) is 10.0 Å². The normalized spacial score (nSPS) is 11.0. The highest BCUT2D eigenvalue weighted by Crippen LogP contribution is 2.36. The number of ether oxygens (including phenoxy) is 2. The van der Waals surface area contributed by atoms with Crippen LogP contribution in [0.1, 0.15) is 31.2 Å². The fourth-order valence-corrected chi connectivity index (χ4v) is 3.41. The largest absolute Gasteiger partial charge is 0.478 e. The number of hydrogen-bond donors (Lipinski definition) is 4. The summed E-state index contributed by atoms with van der Waals surface area (Å²) >= 11 is 5.59. The van der Waals surface area contributed by atoms with Crippen LogP contribution in [0.3, 0.4) is 0 Å². The van der Waals surface area contributed by atoms with Crippen molar-refractivity contribution in [2.45, 2.75) is 31.9 Å². The molecule has 0 bridgehead atoms. The van der Waals surface area contributed by atoms with Gasteiger partial charge in [0.25, 0.3) is 0 Å². The smallest absolute Gasteiger partial charge is 0.417 e. The minimum atomic E-state index is -4.65. The molecule has 0 saturated carbocycles. The molecule has 0 atom stereocenters. The van der Waals surface area contributed by atoms with Gasteiger partial charge in [-0.2, -0.15) is 13.2 Å². The second-order valence-electron chi connectivity index (χ2n) is 7.92. The van der Waals surface area contributed by atoms with Crippen LogP contribution in [0, 0.1) is 0 Å². The van der Waals surface area contributed by atoms with Crippen LogP contribution < -0.4 is 25.6 Å². The fraction of sp³-hybridized carbons (Fsp3) is 0.240. The zero-order valence-corrected chi connectivity index (χ0v) is 20.6. The Kier molecular flexibility index (Phi) is 10.1. The molecule has 4 N–H and O–H groups in total. The maximum atomic E-state index is 13.0. The Morgan fingerprint density at radius 1 is 0.921 bits per heavy atom. The Morgan fingerprint density at radius 3 is 2.34 bits per heavy atom. The van der Waals surface area contributed by atoms with E-state index in [9.17, 15) is 22.8 Å². The van der Waals surface area contributed by atoms with Crippen molar-refractivity contribution in [2.24, 2.45) is 0 Å². The molecule has 38 heavy (non-hydrogen) atoms. The van der Waals surface area contributed by atoms with Crippen LogP contribution in [0.15, 0.2) is 60.8 Å². The third-order valence-corrected chi connectivity index (χ3v) is 5.34. The third kappa shape index (κ3) is 9.12. The number of nitrogens with zero attached hydrogens (tertiary/aromatic N) is 1. The number of halogens is 4. The molecular formula is C25H24ClF3N4O5. The topological polar surface area (TPSA) is 122 Å². The Balaban J connectivity index is 1.48. The van der Waals surface area contributed by atoms with Gasteiger partial charge in [-0.25, -0.2) is 15.3 Å². The zero-order chi connectivity index (χ0) is 27.5. The van der Waals surface area contributed by atoms with E-state index in [2.05, 4.69) is 15.6 Å². The number of urea groups is 1. The molecule has 0 aliphatic carbocycles. The molecule has 0 spiro atoms. The predicted octanol–water partition coefficient (Wildman–Crippen LogP) is 6.63. The summed E-state index contributed by atoms with van der Waals surface area (Å²) in [5.74, 6) is 0.867. The van der Waals surface area contributed by atoms with E-state index in [1.165, 1.54) is 12.3 Å². The molecule has 0 unspecified atom stereocenters. The Bertz CT molecular complexity index is 1240. The van der Waals surface area contributed by atoms with Crippen LogP contribution in [0.25, 0.3) is 0 Å². The third-order valence-electron chi connectivity index (χ3n) is 5.01. The molecule has 13 heteroatoms. The second-order valence-corrected chi connectivity index (χ2v) is 8.33. The van der Waals surface area contributed by atoms with Gasteiger partial charge in [-0.15, -0.1) is 0 Å². The molecule has 1 aromatic heterocycles. The van der Waals surface area contributed by atoms with Crippen LogP contribution >= 0.6 is 11.6 Å². The maximum absolute atomic E-state index is 13.0. The van der Waals surface area contributed by atoms with Crippen molar-refractivity contribution < 1.29 is 37.4 Å². The van der Waals surface area contributed by atoms with E-state index in [1.807, 2.05) is 0 Å². The number of nitrogens with one attached hydrogen (secondary N) is 3. The Morgan fingerprint density at radius 2 is 1.63 bits per heavy atom. The molecular weight excluding hydrogens is 529 g/mol. The van der Waals surface area contributed by atoms with E-state index >= 15 is 0 Å². The van der Waals surface area contributed by atoms with Crippen molar-refractivity contribution in [1.82, 2.24) is 10.5 Å². The number of pyridine rings is 1. The minimum absolute atomic E-state index is 0.0658. The molecule has 1 heterocycles. The SMILES string of the molecule is O=C(CCCCCOc1cc(Oc2ccc(NC(=O)Nc3ccc(Cl)c(C(F)(F)F)c3)cc2)ccn1)NO. The average molecular weight is 553 g/mol. The molecule has 0 aliphatic heterocycles. The van der Waals surface area contributed by atoms with Crippen LogP contribution in [0.4, 0.5) is 29.3 Å². The summed E-state index contributed by atoms with van der Waals surface area (Å²) in [6.45, 7) is 0.396. The van der Waals surface area contributed by atoms with Crippen molar-refractivity contribution in [2.75, 3.05) is 17.2 Å². The Labute approximate surface area is 220 Å². The van der Waals surface area contributed by atoms with Gasteiger partial charge < -0.3 is 20.1 Å². The number of rotatable bonds is 11. The van der Waals surface area contributed by atoms with E-state index in [1.54, 1.807) is 41.9 Å². The summed E-state index contributed by atoms with van der Waals surface area (Å²) in [4.78, 5) is 27.3. The number of carbonyl (C=O) groups is 2. The number of hydrogen-bond acceptors (Lipinski definition) is 6. The number of hydroxylamine groups is 1. The van der Waals surface area contributed by atoms with E-state index in [4.69, 9.17) is 26.3 Å². The molecule has 3 amide bonds. The summed E-state index contributed by atoms with van der Waals surface area (Å²) < 4.78 is 50.4. The number of anilines is 2. The predicted molar refractivity (Wildman–Crippen MR) is 134 cm³/mol. The van der Waals surface area contributed by atoms with Gasteiger partial charge in [-0.05, 0) is 67.8 Å². The summed E-state index contributed by atoms with van der Waals surface area (Å²) in [5.41, 5.74) is 0.855. The molecule has 9 nitrogen and oxygen atoms in total. The summed E-state index contributed by atoms with van der Waals surface area (Å²) in [5, 5.41) is 12.9. The highest BCUT2D eigenvalue weighted by atomic mass is 35.5. The highest BCUT2D eigenvalue weighted by molar-refractivity contribution is 6.31. The summed E-state index contributed by atoms with van der Waals surface area (Å²) in [6.07, 6.45) is -0.811. The molecule has 0 saturated heterocycles. The fourth-order valence-electron chi connectivity index (χ4n) is 3.19. The molecule has 0 fully saturated rings. The van der Waals surface area contributed by atoms with E-state index in [0.717, 1.165) is 18.6 Å². The molecule has 0 radical (unpaired) electrons. The lowest BCUT2D eigenvalue weighted by atomic mass is 10.2. The summed E-state index contributed by atoms with van der Waals surface area (Å²) in [6, 6.07) is 11.9. The number of benzene rings is 2. The molecule has 2 aromatic carbocycles. The lowest BCUT2D eigenvalue weighted by Gasteiger charge is -2.13. The van der Waals surface area contributed by atoms with E-state index in [-0.39, 0.29) is 12.1 Å².